The molecule has 1 aromatic carbocycles. The highest BCUT2D eigenvalue weighted by Crippen LogP contribution is 2.25. The fourth-order valence-corrected chi connectivity index (χ4v) is 2.27. The summed E-state index contributed by atoms with van der Waals surface area (Å²) in [4.78, 5) is 13.6. The number of likely N-dealkylation sites (tertiary alicyclic amines) is 1. The molecule has 17 heavy (non-hydrogen) atoms. The Morgan fingerprint density at radius 1 is 1.29 bits per heavy atom. The van der Waals surface area contributed by atoms with E-state index in [9.17, 15) is 4.79 Å². The number of ketones is 1. The molecule has 0 aliphatic carbocycles. The molecule has 1 fully saturated rings. The van der Waals surface area contributed by atoms with Gasteiger partial charge in [0, 0.05) is 32.0 Å². The SMILES string of the molecule is COc1cccc(C(C)N2CCC(=O)CC2)c1. The lowest BCUT2D eigenvalue weighted by Crippen LogP contribution is -2.35. The Hall–Kier alpha value is -1.35. The lowest BCUT2D eigenvalue weighted by Gasteiger charge is -2.32. The first kappa shape index (κ1) is 12.1. The van der Waals surface area contributed by atoms with Gasteiger partial charge < -0.3 is 4.74 Å². The smallest absolute Gasteiger partial charge is 0.135 e. The Kier molecular flexibility index (Phi) is 3.79. The van der Waals surface area contributed by atoms with Crippen LogP contribution in [0, 0.1) is 0 Å². The molecule has 0 spiro atoms. The van der Waals surface area contributed by atoms with Crippen LogP contribution in [-0.4, -0.2) is 30.9 Å². The molecule has 0 saturated carbocycles. The Labute approximate surface area is 102 Å². The number of Topliss-reactive ketones (excluding diaryl/α,β-unsaturated/α-hetero) is 1. The standard InChI is InChI=1S/C14H19NO2/c1-11(15-8-6-13(16)7-9-15)12-4-3-5-14(10-12)17-2/h3-5,10-11H,6-9H2,1-2H3. The molecule has 0 bridgehead atoms. The summed E-state index contributed by atoms with van der Waals surface area (Å²) in [7, 11) is 1.68. The number of methoxy groups -OCH3 is 1. The minimum atomic E-state index is 0.346. The third-order valence-corrected chi connectivity index (χ3v) is 3.48. The van der Waals surface area contributed by atoms with Crippen LogP contribution in [0.15, 0.2) is 24.3 Å². The van der Waals surface area contributed by atoms with Crippen LogP contribution in [0.4, 0.5) is 0 Å². The molecule has 0 N–H and O–H groups in total. The predicted octanol–water partition coefficient (Wildman–Crippen LogP) is 2.42. The molecule has 0 aromatic heterocycles. The highest BCUT2D eigenvalue weighted by Gasteiger charge is 2.21. The number of ether oxygens (including phenoxy) is 1. The van der Waals surface area contributed by atoms with Gasteiger partial charge in [-0.05, 0) is 24.6 Å². The van der Waals surface area contributed by atoms with Crippen molar-refractivity contribution in [2.75, 3.05) is 20.2 Å². The van der Waals surface area contributed by atoms with Crippen LogP contribution in [0.3, 0.4) is 0 Å². The zero-order valence-electron chi connectivity index (χ0n) is 10.5. The van der Waals surface area contributed by atoms with E-state index in [4.69, 9.17) is 4.74 Å². The third-order valence-electron chi connectivity index (χ3n) is 3.48. The van der Waals surface area contributed by atoms with Crippen LogP contribution in [0.25, 0.3) is 0 Å². The number of hydrogen-bond donors (Lipinski definition) is 0. The maximum absolute atomic E-state index is 11.2. The fraction of sp³-hybridized carbons (Fsp3) is 0.500. The number of carbonyl (C=O) groups excluding carboxylic acids is 1. The summed E-state index contributed by atoms with van der Waals surface area (Å²) in [5.41, 5.74) is 1.25. The van der Waals surface area contributed by atoms with E-state index in [1.165, 1.54) is 5.56 Å². The first-order chi connectivity index (χ1) is 8.20. The second-order valence-corrected chi connectivity index (χ2v) is 4.53. The van der Waals surface area contributed by atoms with E-state index in [0.717, 1.165) is 18.8 Å². The number of benzene rings is 1. The summed E-state index contributed by atoms with van der Waals surface area (Å²) in [6.45, 7) is 3.93. The second kappa shape index (κ2) is 5.32. The number of carbonyl (C=O) groups is 1. The molecule has 3 heteroatoms. The molecule has 3 nitrogen and oxygen atoms in total. The maximum atomic E-state index is 11.2. The van der Waals surface area contributed by atoms with Crippen LogP contribution in [-0.2, 0) is 4.79 Å². The van der Waals surface area contributed by atoms with Gasteiger partial charge in [-0.2, -0.15) is 0 Å². The molecule has 1 aromatic rings. The van der Waals surface area contributed by atoms with E-state index >= 15 is 0 Å². The van der Waals surface area contributed by atoms with Crippen LogP contribution in [0.2, 0.25) is 0 Å². The number of rotatable bonds is 3. The van der Waals surface area contributed by atoms with E-state index in [1.807, 2.05) is 12.1 Å². The topological polar surface area (TPSA) is 29.5 Å². The predicted molar refractivity (Wildman–Crippen MR) is 67.2 cm³/mol. The van der Waals surface area contributed by atoms with Gasteiger partial charge in [0.05, 0.1) is 7.11 Å². The van der Waals surface area contributed by atoms with Crippen LogP contribution < -0.4 is 4.74 Å². The Morgan fingerprint density at radius 2 is 2.00 bits per heavy atom. The van der Waals surface area contributed by atoms with Crippen molar-refractivity contribution >= 4 is 5.78 Å². The highest BCUT2D eigenvalue weighted by molar-refractivity contribution is 5.79. The normalized spacial score (nSPS) is 19.1. The number of nitrogens with zero attached hydrogens (tertiary/aromatic N) is 1. The third kappa shape index (κ3) is 2.86. The van der Waals surface area contributed by atoms with E-state index < -0.39 is 0 Å². The van der Waals surface area contributed by atoms with E-state index in [1.54, 1.807) is 7.11 Å². The number of piperidine rings is 1. The summed E-state index contributed by atoms with van der Waals surface area (Å²) >= 11 is 0. The molecular formula is C14H19NO2. The van der Waals surface area contributed by atoms with Gasteiger partial charge in [0.15, 0.2) is 0 Å². The Balaban J connectivity index is 2.07. The lowest BCUT2D eigenvalue weighted by molar-refractivity contribution is -0.121. The molecule has 1 saturated heterocycles. The van der Waals surface area contributed by atoms with Gasteiger partial charge in [-0.3, -0.25) is 9.69 Å². The first-order valence-electron chi connectivity index (χ1n) is 6.10. The fourth-order valence-electron chi connectivity index (χ4n) is 2.27. The zero-order valence-corrected chi connectivity index (χ0v) is 10.5. The van der Waals surface area contributed by atoms with Gasteiger partial charge in [-0.25, -0.2) is 0 Å². The van der Waals surface area contributed by atoms with Gasteiger partial charge in [0.2, 0.25) is 0 Å². The quantitative estimate of drug-likeness (QED) is 0.803. The van der Waals surface area contributed by atoms with Crippen LogP contribution in [0.1, 0.15) is 31.4 Å². The molecule has 1 aliphatic heterocycles. The molecule has 2 rings (SSSR count). The lowest BCUT2D eigenvalue weighted by atomic mass is 10.0. The average molecular weight is 233 g/mol. The molecule has 92 valence electrons. The average Bonchev–Trinajstić information content (AvgIpc) is 2.39. The largest absolute Gasteiger partial charge is 0.497 e. The summed E-state index contributed by atoms with van der Waals surface area (Å²) in [5.74, 6) is 1.28. The molecule has 0 radical (unpaired) electrons. The highest BCUT2D eigenvalue weighted by atomic mass is 16.5. The van der Waals surface area contributed by atoms with Crippen molar-refractivity contribution in [1.29, 1.82) is 0 Å². The Bertz CT molecular complexity index is 393. The molecule has 1 aliphatic rings. The van der Waals surface area contributed by atoms with Crippen LogP contribution >= 0.6 is 0 Å². The van der Waals surface area contributed by atoms with Crippen molar-refractivity contribution in [3.05, 3.63) is 29.8 Å². The van der Waals surface area contributed by atoms with Gasteiger partial charge >= 0.3 is 0 Å². The van der Waals surface area contributed by atoms with Crippen molar-refractivity contribution in [2.45, 2.75) is 25.8 Å². The molecule has 0 amide bonds. The second-order valence-electron chi connectivity index (χ2n) is 4.53. The van der Waals surface area contributed by atoms with Gasteiger partial charge in [0.1, 0.15) is 11.5 Å². The van der Waals surface area contributed by atoms with Crippen molar-refractivity contribution in [2.24, 2.45) is 0 Å². The van der Waals surface area contributed by atoms with Gasteiger partial charge in [-0.1, -0.05) is 12.1 Å². The van der Waals surface area contributed by atoms with Crippen molar-refractivity contribution < 1.29 is 9.53 Å². The van der Waals surface area contributed by atoms with E-state index in [2.05, 4.69) is 24.0 Å². The Morgan fingerprint density at radius 3 is 2.65 bits per heavy atom. The summed E-state index contributed by atoms with van der Waals surface area (Å²) in [5, 5.41) is 0. The molecular weight excluding hydrogens is 214 g/mol. The van der Waals surface area contributed by atoms with Gasteiger partial charge in [-0.15, -0.1) is 0 Å². The van der Waals surface area contributed by atoms with Crippen molar-refractivity contribution in [3.8, 4) is 5.75 Å². The van der Waals surface area contributed by atoms with E-state index in [0.29, 0.717) is 24.7 Å². The van der Waals surface area contributed by atoms with E-state index in [-0.39, 0.29) is 0 Å². The minimum Gasteiger partial charge on any atom is -0.497 e. The van der Waals surface area contributed by atoms with Crippen molar-refractivity contribution in [3.63, 3.8) is 0 Å². The number of hydrogen-bond acceptors (Lipinski definition) is 3. The molecule has 1 atom stereocenters. The first-order valence-corrected chi connectivity index (χ1v) is 6.10. The summed E-state index contributed by atoms with van der Waals surface area (Å²) in [6, 6.07) is 8.50. The zero-order chi connectivity index (χ0) is 12.3. The molecule has 1 heterocycles. The van der Waals surface area contributed by atoms with Gasteiger partial charge in [0.25, 0.3) is 0 Å². The van der Waals surface area contributed by atoms with Crippen molar-refractivity contribution in [1.82, 2.24) is 4.90 Å². The minimum absolute atomic E-state index is 0.346. The summed E-state index contributed by atoms with van der Waals surface area (Å²) < 4.78 is 5.24. The summed E-state index contributed by atoms with van der Waals surface area (Å²) in [6.07, 6.45) is 1.38. The van der Waals surface area contributed by atoms with Crippen LogP contribution in [0.5, 0.6) is 5.75 Å². The molecule has 1 unspecified atom stereocenters. The monoisotopic (exact) mass is 233 g/mol. The maximum Gasteiger partial charge on any atom is 0.135 e.